The molecule has 2 aliphatic rings. The number of hydrogen-bond acceptors (Lipinski definition) is 7. The molecule has 1 aromatic carbocycles. The summed E-state index contributed by atoms with van der Waals surface area (Å²) < 4.78 is 5.32. The van der Waals surface area contributed by atoms with Gasteiger partial charge in [-0.15, -0.1) is 0 Å². The lowest BCUT2D eigenvalue weighted by atomic mass is 10.1. The summed E-state index contributed by atoms with van der Waals surface area (Å²) in [6.45, 7) is 4.01. The first-order valence-electron chi connectivity index (χ1n) is 8.73. The zero-order valence-electron chi connectivity index (χ0n) is 14.5. The van der Waals surface area contributed by atoms with Crippen molar-refractivity contribution in [2.24, 2.45) is 0 Å². The minimum absolute atomic E-state index is 0.0747. The van der Waals surface area contributed by atoms with Crippen molar-refractivity contribution in [2.75, 3.05) is 49.2 Å². The van der Waals surface area contributed by atoms with Gasteiger partial charge in [-0.3, -0.25) is 4.79 Å². The summed E-state index contributed by atoms with van der Waals surface area (Å²) in [4.78, 5) is 24.8. The minimum Gasteiger partial charge on any atom is -0.383 e. The predicted molar refractivity (Wildman–Crippen MR) is 98.8 cm³/mol. The van der Waals surface area contributed by atoms with E-state index in [1.807, 2.05) is 23.1 Å². The number of fused-ring (bicyclic) bond motifs is 1. The highest BCUT2D eigenvalue weighted by molar-refractivity contribution is 5.95. The van der Waals surface area contributed by atoms with Crippen molar-refractivity contribution in [3.05, 3.63) is 41.1 Å². The molecular weight excluding hydrogens is 332 g/mol. The Hall–Kier alpha value is -2.87. The summed E-state index contributed by atoms with van der Waals surface area (Å²) in [7, 11) is 0. The Bertz CT molecular complexity index is 834. The van der Waals surface area contributed by atoms with Gasteiger partial charge in [-0.25, -0.2) is 4.98 Å². The van der Waals surface area contributed by atoms with Crippen LogP contribution >= 0.6 is 0 Å². The van der Waals surface area contributed by atoms with Crippen molar-refractivity contribution in [3.8, 4) is 0 Å². The summed E-state index contributed by atoms with van der Waals surface area (Å²) >= 11 is 0. The molecule has 0 atom stereocenters. The van der Waals surface area contributed by atoms with E-state index < -0.39 is 0 Å². The molecule has 4 N–H and O–H groups in total. The second kappa shape index (κ2) is 6.80. The third-order valence-corrected chi connectivity index (χ3v) is 4.89. The third kappa shape index (κ3) is 3.15. The second-order valence-corrected chi connectivity index (χ2v) is 6.56. The van der Waals surface area contributed by atoms with E-state index in [1.54, 1.807) is 6.20 Å². The monoisotopic (exact) mass is 354 g/mol. The maximum absolute atomic E-state index is 12.7. The zero-order valence-corrected chi connectivity index (χ0v) is 14.5. The Morgan fingerprint density at radius 2 is 2.00 bits per heavy atom. The van der Waals surface area contributed by atoms with Gasteiger partial charge in [0.05, 0.1) is 13.2 Å². The standard InChI is InChI=1S/C18H22N6O2/c19-16-14(10-21-18(20)22-16)11-24-4-3-12-9-13(1-2-15(12)24)17(25)23-5-7-26-8-6-23/h1-2,9-10H,3-8,11H2,(H4,19,20,21,22). The summed E-state index contributed by atoms with van der Waals surface area (Å²) in [5.74, 6) is 0.662. The van der Waals surface area contributed by atoms with Crippen molar-refractivity contribution in [1.82, 2.24) is 14.9 Å². The van der Waals surface area contributed by atoms with E-state index in [-0.39, 0.29) is 11.9 Å². The lowest BCUT2D eigenvalue weighted by molar-refractivity contribution is 0.0303. The van der Waals surface area contributed by atoms with Gasteiger partial charge in [0.1, 0.15) is 5.82 Å². The van der Waals surface area contributed by atoms with Crippen molar-refractivity contribution < 1.29 is 9.53 Å². The van der Waals surface area contributed by atoms with E-state index in [4.69, 9.17) is 16.2 Å². The van der Waals surface area contributed by atoms with Crippen LogP contribution in [0.3, 0.4) is 0 Å². The number of carbonyl (C=O) groups is 1. The number of amides is 1. The number of nitrogens with zero attached hydrogens (tertiary/aromatic N) is 4. The molecule has 8 nitrogen and oxygen atoms in total. The first kappa shape index (κ1) is 16.6. The summed E-state index contributed by atoms with van der Waals surface area (Å²) in [5.41, 5.74) is 15.4. The lowest BCUT2D eigenvalue weighted by Crippen LogP contribution is -2.40. The molecule has 0 bridgehead atoms. The number of morpholine rings is 1. The van der Waals surface area contributed by atoms with E-state index in [1.165, 1.54) is 5.56 Å². The van der Waals surface area contributed by atoms with Gasteiger partial charge in [-0.1, -0.05) is 0 Å². The molecule has 26 heavy (non-hydrogen) atoms. The van der Waals surface area contributed by atoms with Crippen LogP contribution in [-0.4, -0.2) is 53.6 Å². The van der Waals surface area contributed by atoms with Gasteiger partial charge in [0.25, 0.3) is 5.91 Å². The molecule has 3 heterocycles. The van der Waals surface area contributed by atoms with Crippen LogP contribution in [-0.2, 0) is 17.7 Å². The molecule has 0 aliphatic carbocycles. The van der Waals surface area contributed by atoms with Gasteiger partial charge in [0, 0.05) is 49.2 Å². The Kier molecular flexibility index (Phi) is 4.34. The largest absolute Gasteiger partial charge is 0.383 e. The molecular formula is C18H22N6O2. The topological polar surface area (TPSA) is 111 Å². The van der Waals surface area contributed by atoms with Crippen LogP contribution in [0.1, 0.15) is 21.5 Å². The Balaban J connectivity index is 1.52. The molecule has 4 rings (SSSR count). The van der Waals surface area contributed by atoms with Crippen molar-refractivity contribution in [3.63, 3.8) is 0 Å². The van der Waals surface area contributed by atoms with E-state index in [0.717, 1.165) is 29.8 Å². The van der Waals surface area contributed by atoms with Crippen LogP contribution in [0.15, 0.2) is 24.4 Å². The minimum atomic E-state index is 0.0747. The molecule has 1 saturated heterocycles. The number of hydrogen-bond donors (Lipinski definition) is 2. The molecule has 8 heteroatoms. The van der Waals surface area contributed by atoms with Gasteiger partial charge >= 0.3 is 0 Å². The van der Waals surface area contributed by atoms with E-state index in [0.29, 0.717) is 38.7 Å². The Morgan fingerprint density at radius 1 is 1.19 bits per heavy atom. The molecule has 2 aromatic rings. The van der Waals surface area contributed by atoms with Gasteiger partial charge in [0.15, 0.2) is 0 Å². The highest BCUT2D eigenvalue weighted by atomic mass is 16.5. The number of ether oxygens (including phenoxy) is 1. The molecule has 2 aliphatic heterocycles. The van der Waals surface area contributed by atoms with Crippen molar-refractivity contribution >= 4 is 23.4 Å². The summed E-state index contributed by atoms with van der Waals surface area (Å²) in [5, 5.41) is 0. The SMILES string of the molecule is Nc1ncc(CN2CCc3cc(C(=O)N4CCOCC4)ccc32)c(N)n1. The van der Waals surface area contributed by atoms with Crippen LogP contribution in [0, 0.1) is 0 Å². The number of anilines is 3. The van der Waals surface area contributed by atoms with Gasteiger partial charge < -0.3 is 26.0 Å². The van der Waals surface area contributed by atoms with E-state index in [2.05, 4.69) is 14.9 Å². The van der Waals surface area contributed by atoms with Crippen LogP contribution in [0.2, 0.25) is 0 Å². The Morgan fingerprint density at radius 3 is 2.77 bits per heavy atom. The average Bonchev–Trinajstić information content (AvgIpc) is 3.06. The van der Waals surface area contributed by atoms with Crippen molar-refractivity contribution in [2.45, 2.75) is 13.0 Å². The van der Waals surface area contributed by atoms with Gasteiger partial charge in [-0.05, 0) is 30.2 Å². The predicted octanol–water partition coefficient (Wildman–Crippen LogP) is 0.676. The molecule has 1 aromatic heterocycles. The quantitative estimate of drug-likeness (QED) is 0.833. The van der Waals surface area contributed by atoms with Crippen LogP contribution in [0.25, 0.3) is 0 Å². The van der Waals surface area contributed by atoms with Gasteiger partial charge in [0.2, 0.25) is 5.95 Å². The van der Waals surface area contributed by atoms with E-state index >= 15 is 0 Å². The summed E-state index contributed by atoms with van der Waals surface area (Å²) in [6.07, 6.45) is 2.57. The second-order valence-electron chi connectivity index (χ2n) is 6.56. The molecule has 0 spiro atoms. The smallest absolute Gasteiger partial charge is 0.254 e. The maximum atomic E-state index is 12.7. The highest BCUT2D eigenvalue weighted by Gasteiger charge is 2.24. The first-order valence-corrected chi connectivity index (χ1v) is 8.73. The first-order chi connectivity index (χ1) is 12.6. The summed E-state index contributed by atoms with van der Waals surface area (Å²) in [6, 6.07) is 5.93. The van der Waals surface area contributed by atoms with Gasteiger partial charge in [-0.2, -0.15) is 4.98 Å². The highest BCUT2D eigenvalue weighted by Crippen LogP contribution is 2.31. The van der Waals surface area contributed by atoms with E-state index in [9.17, 15) is 4.79 Å². The molecule has 0 saturated carbocycles. The zero-order chi connectivity index (χ0) is 18.1. The fourth-order valence-corrected chi connectivity index (χ4v) is 3.48. The van der Waals surface area contributed by atoms with Crippen LogP contribution < -0.4 is 16.4 Å². The Labute approximate surface area is 151 Å². The fourth-order valence-electron chi connectivity index (χ4n) is 3.48. The maximum Gasteiger partial charge on any atom is 0.254 e. The molecule has 0 unspecified atom stereocenters. The average molecular weight is 354 g/mol. The number of carbonyl (C=O) groups excluding carboxylic acids is 1. The number of rotatable bonds is 3. The fraction of sp³-hybridized carbons (Fsp3) is 0.389. The molecule has 0 radical (unpaired) electrons. The normalized spacial score (nSPS) is 16.6. The lowest BCUT2D eigenvalue weighted by Gasteiger charge is -2.27. The number of nitrogens with two attached hydrogens (primary N) is 2. The van der Waals surface area contributed by atoms with Crippen LogP contribution in [0.5, 0.6) is 0 Å². The van der Waals surface area contributed by atoms with Crippen LogP contribution in [0.4, 0.5) is 17.5 Å². The third-order valence-electron chi connectivity index (χ3n) is 4.89. The number of aromatic nitrogens is 2. The number of benzene rings is 1. The molecule has 136 valence electrons. The molecule has 1 fully saturated rings. The van der Waals surface area contributed by atoms with Crippen molar-refractivity contribution in [1.29, 1.82) is 0 Å². The molecule has 1 amide bonds. The number of nitrogen functional groups attached to an aromatic ring is 2.